The summed E-state index contributed by atoms with van der Waals surface area (Å²) >= 11 is 7.11. The molecule has 2 aromatic heterocycles. The zero-order valence-electron chi connectivity index (χ0n) is 12.8. The number of hydrogen-bond acceptors (Lipinski definition) is 6. The SMILES string of the molecule is Cc1nn(S(=O)(=O)c2ccc(Cl)cc2)c(C)c1Sc1ncccn1. The molecule has 24 heavy (non-hydrogen) atoms. The first-order chi connectivity index (χ1) is 11.4. The number of aryl methyl sites for hydroxylation is 1. The molecule has 124 valence electrons. The summed E-state index contributed by atoms with van der Waals surface area (Å²) in [5, 5.41) is 5.20. The van der Waals surface area contributed by atoms with Crippen molar-refractivity contribution < 1.29 is 8.42 Å². The molecule has 0 unspecified atom stereocenters. The molecule has 0 bridgehead atoms. The first-order valence-electron chi connectivity index (χ1n) is 6.92. The van der Waals surface area contributed by atoms with Crippen molar-refractivity contribution in [3.05, 3.63) is 59.1 Å². The average Bonchev–Trinajstić information content (AvgIpc) is 2.85. The van der Waals surface area contributed by atoms with Crippen molar-refractivity contribution in [1.29, 1.82) is 0 Å². The van der Waals surface area contributed by atoms with Crippen LogP contribution in [0.4, 0.5) is 0 Å². The molecular weight excluding hydrogens is 368 g/mol. The molecule has 1 aromatic carbocycles. The van der Waals surface area contributed by atoms with Gasteiger partial charge < -0.3 is 0 Å². The number of halogens is 1. The highest BCUT2D eigenvalue weighted by Gasteiger charge is 2.24. The largest absolute Gasteiger partial charge is 0.283 e. The molecule has 0 saturated carbocycles. The standard InChI is InChI=1S/C15H13ClN4O2S2/c1-10-14(23-15-17-8-3-9-18-15)11(2)20(19-10)24(21,22)13-6-4-12(16)5-7-13/h3-9H,1-2H3. The predicted molar refractivity (Wildman–Crippen MR) is 91.9 cm³/mol. The molecule has 0 N–H and O–H groups in total. The summed E-state index contributed by atoms with van der Waals surface area (Å²) in [5.41, 5.74) is 1.11. The Bertz CT molecular complexity index is 971. The summed E-state index contributed by atoms with van der Waals surface area (Å²) in [6, 6.07) is 7.71. The highest BCUT2D eigenvalue weighted by molar-refractivity contribution is 7.99. The Morgan fingerprint density at radius 3 is 2.33 bits per heavy atom. The molecule has 0 aliphatic heterocycles. The van der Waals surface area contributed by atoms with Crippen LogP contribution in [-0.4, -0.2) is 27.6 Å². The van der Waals surface area contributed by atoms with E-state index in [1.807, 2.05) is 0 Å². The highest BCUT2D eigenvalue weighted by Crippen LogP contribution is 2.32. The van der Waals surface area contributed by atoms with Crippen LogP contribution in [0, 0.1) is 13.8 Å². The molecule has 9 heteroatoms. The van der Waals surface area contributed by atoms with Crippen molar-refractivity contribution in [2.24, 2.45) is 0 Å². The Morgan fingerprint density at radius 1 is 1.08 bits per heavy atom. The number of rotatable bonds is 4. The molecule has 0 aliphatic carbocycles. The smallest absolute Gasteiger partial charge is 0.231 e. The van der Waals surface area contributed by atoms with Gasteiger partial charge in [-0.1, -0.05) is 11.6 Å². The van der Waals surface area contributed by atoms with Gasteiger partial charge in [0.15, 0.2) is 5.16 Å². The lowest BCUT2D eigenvalue weighted by Crippen LogP contribution is -2.16. The second-order valence-electron chi connectivity index (χ2n) is 4.94. The Hall–Kier alpha value is -1.90. The first-order valence-corrected chi connectivity index (χ1v) is 9.55. The van der Waals surface area contributed by atoms with Crippen LogP contribution in [0.15, 0.2) is 57.7 Å². The van der Waals surface area contributed by atoms with Crippen molar-refractivity contribution in [3.63, 3.8) is 0 Å². The third kappa shape index (κ3) is 3.17. The summed E-state index contributed by atoms with van der Waals surface area (Å²) < 4.78 is 26.6. The van der Waals surface area contributed by atoms with Crippen LogP contribution in [0.25, 0.3) is 0 Å². The Balaban J connectivity index is 2.04. The van der Waals surface area contributed by atoms with Gasteiger partial charge in [0.25, 0.3) is 10.0 Å². The third-order valence-corrected chi connectivity index (χ3v) is 6.38. The van der Waals surface area contributed by atoms with E-state index in [1.54, 1.807) is 32.3 Å². The van der Waals surface area contributed by atoms with Crippen molar-refractivity contribution in [1.82, 2.24) is 19.2 Å². The number of benzene rings is 1. The number of nitrogens with zero attached hydrogens (tertiary/aromatic N) is 4. The van der Waals surface area contributed by atoms with Gasteiger partial charge in [0.05, 0.1) is 21.2 Å². The van der Waals surface area contributed by atoms with Gasteiger partial charge in [-0.25, -0.2) is 9.97 Å². The fraction of sp³-hybridized carbons (Fsp3) is 0.133. The van der Waals surface area contributed by atoms with Gasteiger partial charge in [0.1, 0.15) is 0 Å². The summed E-state index contributed by atoms with van der Waals surface area (Å²) in [7, 11) is -3.79. The van der Waals surface area contributed by atoms with E-state index in [-0.39, 0.29) is 4.90 Å². The lowest BCUT2D eigenvalue weighted by molar-refractivity contribution is 0.577. The predicted octanol–water partition coefficient (Wildman–Crippen LogP) is 3.33. The maximum Gasteiger partial charge on any atom is 0.283 e. The number of hydrogen-bond donors (Lipinski definition) is 0. The molecule has 2 heterocycles. The van der Waals surface area contributed by atoms with Crippen LogP contribution in [-0.2, 0) is 10.0 Å². The van der Waals surface area contributed by atoms with E-state index < -0.39 is 10.0 Å². The van der Waals surface area contributed by atoms with E-state index in [0.29, 0.717) is 21.6 Å². The molecule has 6 nitrogen and oxygen atoms in total. The Labute approximate surface area is 149 Å². The first kappa shape index (κ1) is 16.9. The molecule has 0 atom stereocenters. The maximum absolute atomic E-state index is 12.8. The Kier molecular flexibility index (Phi) is 4.62. The van der Waals surface area contributed by atoms with Crippen molar-refractivity contribution in [2.75, 3.05) is 0 Å². The van der Waals surface area contributed by atoms with Crippen LogP contribution >= 0.6 is 23.4 Å². The molecule has 3 aromatic rings. The van der Waals surface area contributed by atoms with Crippen molar-refractivity contribution in [3.8, 4) is 0 Å². The van der Waals surface area contributed by atoms with E-state index in [4.69, 9.17) is 11.6 Å². The van der Waals surface area contributed by atoms with Gasteiger partial charge >= 0.3 is 0 Å². The zero-order chi connectivity index (χ0) is 17.3. The normalized spacial score (nSPS) is 11.6. The maximum atomic E-state index is 12.8. The molecule has 3 rings (SSSR count). The van der Waals surface area contributed by atoms with Gasteiger partial charge in [-0.15, -0.1) is 0 Å². The second kappa shape index (κ2) is 6.54. The minimum atomic E-state index is -3.79. The molecular formula is C15H13ClN4O2S2. The van der Waals surface area contributed by atoms with E-state index in [1.165, 1.54) is 36.0 Å². The summed E-state index contributed by atoms with van der Waals surface area (Å²) in [6.45, 7) is 3.46. The summed E-state index contributed by atoms with van der Waals surface area (Å²) in [4.78, 5) is 9.14. The fourth-order valence-electron chi connectivity index (χ4n) is 2.12. The molecule has 0 aliphatic rings. The van der Waals surface area contributed by atoms with Crippen LogP contribution in [0.3, 0.4) is 0 Å². The number of aromatic nitrogens is 4. The van der Waals surface area contributed by atoms with Gasteiger partial charge in [-0.2, -0.15) is 17.6 Å². The van der Waals surface area contributed by atoms with Crippen LogP contribution in [0.5, 0.6) is 0 Å². The van der Waals surface area contributed by atoms with Crippen molar-refractivity contribution in [2.45, 2.75) is 28.8 Å². The summed E-state index contributed by atoms with van der Waals surface area (Å²) in [6.07, 6.45) is 3.27. The van der Waals surface area contributed by atoms with Gasteiger partial charge in [0, 0.05) is 17.4 Å². The second-order valence-corrected chi connectivity index (χ2v) is 8.12. The molecule has 0 amide bonds. The van der Waals surface area contributed by atoms with Gasteiger partial charge in [0.2, 0.25) is 0 Å². The van der Waals surface area contributed by atoms with E-state index in [2.05, 4.69) is 15.1 Å². The molecule has 0 spiro atoms. The summed E-state index contributed by atoms with van der Waals surface area (Å²) in [5.74, 6) is 0. The molecule has 0 radical (unpaired) electrons. The molecule has 0 fully saturated rings. The lowest BCUT2D eigenvalue weighted by Gasteiger charge is -2.07. The van der Waals surface area contributed by atoms with Crippen LogP contribution < -0.4 is 0 Å². The van der Waals surface area contributed by atoms with E-state index in [0.717, 1.165) is 8.98 Å². The van der Waals surface area contributed by atoms with Crippen LogP contribution in [0.1, 0.15) is 11.4 Å². The van der Waals surface area contributed by atoms with Crippen molar-refractivity contribution >= 4 is 33.4 Å². The molecule has 0 saturated heterocycles. The zero-order valence-corrected chi connectivity index (χ0v) is 15.2. The minimum Gasteiger partial charge on any atom is -0.231 e. The van der Waals surface area contributed by atoms with Gasteiger partial charge in [-0.3, -0.25) is 0 Å². The third-order valence-electron chi connectivity index (χ3n) is 3.26. The Morgan fingerprint density at radius 2 is 1.71 bits per heavy atom. The quantitative estimate of drug-likeness (QED) is 0.646. The lowest BCUT2D eigenvalue weighted by atomic mass is 10.4. The van der Waals surface area contributed by atoms with Crippen LogP contribution in [0.2, 0.25) is 5.02 Å². The average molecular weight is 381 g/mol. The minimum absolute atomic E-state index is 0.130. The van der Waals surface area contributed by atoms with E-state index >= 15 is 0 Å². The van der Waals surface area contributed by atoms with Gasteiger partial charge in [-0.05, 0) is 55.9 Å². The topological polar surface area (TPSA) is 77.7 Å². The van der Waals surface area contributed by atoms with E-state index in [9.17, 15) is 8.42 Å². The fourth-order valence-corrected chi connectivity index (χ4v) is 4.50. The highest BCUT2D eigenvalue weighted by atomic mass is 35.5. The monoisotopic (exact) mass is 380 g/mol.